The molecule has 0 radical (unpaired) electrons. The Bertz CT molecular complexity index is 885. The van der Waals surface area contributed by atoms with Crippen LogP contribution in [0.15, 0.2) is 54.9 Å². The van der Waals surface area contributed by atoms with Crippen molar-refractivity contribution >= 4 is 28.2 Å². The van der Waals surface area contributed by atoms with E-state index < -0.39 is 4.92 Å². The second kappa shape index (κ2) is 6.78. The summed E-state index contributed by atoms with van der Waals surface area (Å²) in [6.45, 7) is 0.645. The van der Waals surface area contributed by atoms with Gasteiger partial charge in [-0.25, -0.2) is 4.79 Å². The Morgan fingerprint density at radius 1 is 1.21 bits per heavy atom. The molecule has 3 aromatic rings. The van der Waals surface area contributed by atoms with Crippen molar-refractivity contribution in [3.05, 3.63) is 65.0 Å². The molecule has 0 aliphatic rings. The van der Waals surface area contributed by atoms with Gasteiger partial charge in [-0.15, -0.1) is 0 Å². The largest absolute Gasteiger partial charge is 0.336 e. The van der Waals surface area contributed by atoms with E-state index in [1.807, 2.05) is 42.5 Å². The molecule has 0 spiro atoms. The molecule has 0 aliphatic heterocycles. The number of carbonyl (C=O) groups excluding carboxylic acids is 1. The maximum atomic E-state index is 12.0. The van der Waals surface area contributed by atoms with Crippen molar-refractivity contribution < 1.29 is 9.72 Å². The van der Waals surface area contributed by atoms with Gasteiger partial charge in [0.05, 0.1) is 17.2 Å². The first-order valence-electron chi connectivity index (χ1n) is 7.33. The van der Waals surface area contributed by atoms with Gasteiger partial charge in [0.25, 0.3) is 0 Å². The molecule has 0 fully saturated rings. The first-order valence-corrected chi connectivity index (χ1v) is 7.33. The molecular formula is C16H15N5O3. The van der Waals surface area contributed by atoms with Crippen LogP contribution in [-0.4, -0.2) is 27.3 Å². The number of hydrogen-bond acceptors (Lipinski definition) is 4. The standard InChI is InChI=1S/C16H15N5O3/c22-16(17-8-9-20-11-13(10-18-20)21(23)24)19-15-7-3-5-12-4-1-2-6-14(12)15/h1-7,10-11H,8-9H2,(H2,17,19,22). The van der Waals surface area contributed by atoms with Gasteiger partial charge in [0, 0.05) is 11.9 Å². The normalized spacial score (nSPS) is 10.5. The minimum absolute atomic E-state index is 0.0739. The van der Waals surface area contributed by atoms with Crippen molar-refractivity contribution in [3.63, 3.8) is 0 Å². The van der Waals surface area contributed by atoms with Crippen LogP contribution in [0.2, 0.25) is 0 Å². The quantitative estimate of drug-likeness (QED) is 0.556. The molecule has 0 bridgehead atoms. The molecule has 122 valence electrons. The van der Waals surface area contributed by atoms with Crippen LogP contribution in [0, 0.1) is 10.1 Å². The summed E-state index contributed by atoms with van der Waals surface area (Å²) in [4.78, 5) is 22.1. The van der Waals surface area contributed by atoms with Gasteiger partial charge in [-0.3, -0.25) is 14.8 Å². The molecule has 0 aliphatic carbocycles. The van der Waals surface area contributed by atoms with Crippen LogP contribution in [0.3, 0.4) is 0 Å². The van der Waals surface area contributed by atoms with Crippen LogP contribution in [0.1, 0.15) is 0 Å². The van der Waals surface area contributed by atoms with Gasteiger partial charge in [-0.05, 0) is 11.5 Å². The number of nitrogens with one attached hydrogen (secondary N) is 2. The Labute approximate surface area is 137 Å². The average molecular weight is 325 g/mol. The van der Waals surface area contributed by atoms with Crippen molar-refractivity contribution in [1.29, 1.82) is 0 Å². The van der Waals surface area contributed by atoms with Gasteiger partial charge in [0.15, 0.2) is 0 Å². The summed E-state index contributed by atoms with van der Waals surface area (Å²) < 4.78 is 1.41. The van der Waals surface area contributed by atoms with Gasteiger partial charge in [-0.1, -0.05) is 36.4 Å². The van der Waals surface area contributed by atoms with Crippen molar-refractivity contribution in [1.82, 2.24) is 15.1 Å². The van der Waals surface area contributed by atoms with Crippen molar-refractivity contribution in [2.24, 2.45) is 0 Å². The zero-order valence-electron chi connectivity index (χ0n) is 12.7. The number of benzene rings is 2. The highest BCUT2D eigenvalue weighted by atomic mass is 16.6. The summed E-state index contributed by atoms with van der Waals surface area (Å²) in [6.07, 6.45) is 2.50. The third-order valence-corrected chi connectivity index (χ3v) is 3.49. The molecule has 1 aromatic heterocycles. The smallest absolute Gasteiger partial charge is 0.319 e. The number of rotatable bonds is 5. The second-order valence-electron chi connectivity index (χ2n) is 5.13. The number of aromatic nitrogens is 2. The molecule has 2 aromatic carbocycles. The van der Waals surface area contributed by atoms with E-state index in [1.165, 1.54) is 17.1 Å². The van der Waals surface area contributed by atoms with Crippen LogP contribution in [0.25, 0.3) is 10.8 Å². The maximum Gasteiger partial charge on any atom is 0.319 e. The lowest BCUT2D eigenvalue weighted by molar-refractivity contribution is -0.385. The molecule has 3 rings (SSSR count). The third kappa shape index (κ3) is 3.49. The van der Waals surface area contributed by atoms with Crippen LogP contribution < -0.4 is 10.6 Å². The summed E-state index contributed by atoms with van der Waals surface area (Å²) in [5, 5.41) is 21.9. The summed E-state index contributed by atoms with van der Waals surface area (Å²) in [6, 6.07) is 13.1. The molecule has 0 atom stereocenters. The van der Waals surface area contributed by atoms with Gasteiger partial charge in [0.2, 0.25) is 0 Å². The Hall–Kier alpha value is -3.42. The molecule has 8 heteroatoms. The highest BCUT2D eigenvalue weighted by molar-refractivity contribution is 6.01. The van der Waals surface area contributed by atoms with Gasteiger partial charge >= 0.3 is 11.7 Å². The Morgan fingerprint density at radius 3 is 2.79 bits per heavy atom. The molecule has 0 unspecified atom stereocenters. The summed E-state index contributed by atoms with van der Waals surface area (Å²) in [5.41, 5.74) is 0.649. The van der Waals surface area contributed by atoms with Crippen LogP contribution in [-0.2, 0) is 6.54 Å². The third-order valence-electron chi connectivity index (χ3n) is 3.49. The monoisotopic (exact) mass is 325 g/mol. The lowest BCUT2D eigenvalue weighted by atomic mass is 10.1. The number of hydrogen-bond donors (Lipinski definition) is 2. The lowest BCUT2D eigenvalue weighted by Gasteiger charge is -2.10. The van der Waals surface area contributed by atoms with Crippen molar-refractivity contribution in [3.8, 4) is 0 Å². The Morgan fingerprint density at radius 2 is 2.00 bits per heavy atom. The highest BCUT2D eigenvalue weighted by Crippen LogP contribution is 2.22. The molecule has 2 N–H and O–H groups in total. The number of urea groups is 1. The SMILES string of the molecule is O=C(NCCn1cc([N+](=O)[O-])cn1)Nc1cccc2ccccc12. The van der Waals surface area contributed by atoms with Crippen LogP contribution >= 0.6 is 0 Å². The summed E-state index contributed by atoms with van der Waals surface area (Å²) in [7, 11) is 0. The second-order valence-corrected chi connectivity index (χ2v) is 5.13. The predicted molar refractivity (Wildman–Crippen MR) is 89.9 cm³/mol. The van der Waals surface area contributed by atoms with Crippen LogP contribution in [0.4, 0.5) is 16.2 Å². The molecule has 0 saturated carbocycles. The van der Waals surface area contributed by atoms with E-state index in [-0.39, 0.29) is 11.7 Å². The van der Waals surface area contributed by atoms with Crippen molar-refractivity contribution in [2.75, 3.05) is 11.9 Å². The molecule has 2 amide bonds. The highest BCUT2D eigenvalue weighted by Gasteiger charge is 2.09. The van der Waals surface area contributed by atoms with E-state index >= 15 is 0 Å². The zero-order valence-corrected chi connectivity index (χ0v) is 12.7. The maximum absolute atomic E-state index is 12.0. The summed E-state index contributed by atoms with van der Waals surface area (Å²) >= 11 is 0. The fourth-order valence-electron chi connectivity index (χ4n) is 2.35. The predicted octanol–water partition coefficient (Wildman–Crippen LogP) is 2.77. The number of anilines is 1. The van der Waals surface area contributed by atoms with E-state index in [2.05, 4.69) is 15.7 Å². The average Bonchev–Trinajstić information content (AvgIpc) is 3.04. The van der Waals surface area contributed by atoms with Gasteiger partial charge in [0.1, 0.15) is 12.4 Å². The number of fused-ring (bicyclic) bond motifs is 1. The van der Waals surface area contributed by atoms with Gasteiger partial charge < -0.3 is 10.6 Å². The zero-order chi connectivity index (χ0) is 16.9. The Kier molecular flexibility index (Phi) is 4.37. The first kappa shape index (κ1) is 15.5. The number of carbonyl (C=O) groups is 1. The topological polar surface area (TPSA) is 102 Å². The van der Waals surface area contributed by atoms with E-state index in [0.717, 1.165) is 16.5 Å². The molecule has 8 nitrogen and oxygen atoms in total. The molecule has 0 saturated heterocycles. The van der Waals surface area contributed by atoms with E-state index in [4.69, 9.17) is 0 Å². The van der Waals surface area contributed by atoms with Crippen LogP contribution in [0.5, 0.6) is 0 Å². The molecule has 1 heterocycles. The minimum Gasteiger partial charge on any atom is -0.336 e. The van der Waals surface area contributed by atoms with Crippen molar-refractivity contribution in [2.45, 2.75) is 6.54 Å². The van der Waals surface area contributed by atoms with E-state index in [0.29, 0.717) is 13.1 Å². The molecule has 24 heavy (non-hydrogen) atoms. The number of nitrogens with zero attached hydrogens (tertiary/aromatic N) is 3. The summed E-state index contributed by atoms with van der Waals surface area (Å²) in [5.74, 6) is 0. The fraction of sp³-hybridized carbons (Fsp3) is 0.125. The number of nitro groups is 1. The Balaban J connectivity index is 1.56. The van der Waals surface area contributed by atoms with E-state index in [1.54, 1.807) is 0 Å². The minimum atomic E-state index is -0.510. The first-order chi connectivity index (χ1) is 11.6. The number of amides is 2. The lowest BCUT2D eigenvalue weighted by Crippen LogP contribution is -2.31. The fourth-order valence-corrected chi connectivity index (χ4v) is 2.35. The molecular weight excluding hydrogens is 310 g/mol. The van der Waals surface area contributed by atoms with Gasteiger partial charge in [-0.2, -0.15) is 5.10 Å². The van der Waals surface area contributed by atoms with E-state index in [9.17, 15) is 14.9 Å².